The molecule has 3 aromatic carbocycles. The highest BCUT2D eigenvalue weighted by molar-refractivity contribution is 6.12. The molecule has 0 saturated carbocycles. The monoisotopic (exact) mass is 391 g/mol. The molecule has 0 unspecified atom stereocenters. The Morgan fingerprint density at radius 1 is 0.800 bits per heavy atom. The third kappa shape index (κ3) is 3.42. The average molecular weight is 391 g/mol. The third-order valence-electron chi connectivity index (χ3n) is 4.90. The van der Waals surface area contributed by atoms with E-state index >= 15 is 0 Å². The molecule has 0 aliphatic rings. The van der Waals surface area contributed by atoms with Crippen LogP contribution in [0.4, 0.5) is 5.95 Å². The van der Waals surface area contributed by atoms with Crippen LogP contribution in [-0.2, 0) is 0 Å². The first kappa shape index (κ1) is 17.8. The Balaban J connectivity index is 1.55. The van der Waals surface area contributed by atoms with Gasteiger partial charge in [-0.15, -0.1) is 0 Å². The number of fused-ring (bicyclic) bond motifs is 1. The number of H-pyrrole nitrogens is 1. The van der Waals surface area contributed by atoms with E-state index in [0.717, 1.165) is 33.3 Å². The SMILES string of the molecule is O=C(Nc1ncn[nH]1)c1cc(-c2ccc(-c3ccccc3)cc2)nc2ccccc12. The van der Waals surface area contributed by atoms with Gasteiger partial charge in [-0.05, 0) is 23.3 Å². The minimum Gasteiger partial charge on any atom is -0.291 e. The summed E-state index contributed by atoms with van der Waals surface area (Å²) in [4.78, 5) is 21.7. The fourth-order valence-electron chi connectivity index (χ4n) is 3.42. The van der Waals surface area contributed by atoms with E-state index in [4.69, 9.17) is 4.98 Å². The smallest absolute Gasteiger partial charge is 0.258 e. The second-order valence-electron chi connectivity index (χ2n) is 6.80. The summed E-state index contributed by atoms with van der Waals surface area (Å²) in [5.41, 5.74) is 5.24. The lowest BCUT2D eigenvalue weighted by Crippen LogP contribution is -2.14. The van der Waals surface area contributed by atoms with Gasteiger partial charge >= 0.3 is 0 Å². The van der Waals surface area contributed by atoms with E-state index in [0.29, 0.717) is 11.5 Å². The molecule has 0 radical (unpaired) electrons. The molecule has 0 saturated heterocycles. The fraction of sp³-hybridized carbons (Fsp3) is 0. The van der Waals surface area contributed by atoms with Crippen molar-refractivity contribution in [3.05, 3.63) is 96.8 Å². The Labute approximate surface area is 172 Å². The first-order valence-electron chi connectivity index (χ1n) is 9.50. The maximum absolute atomic E-state index is 12.9. The van der Waals surface area contributed by atoms with Crippen LogP contribution >= 0.6 is 0 Å². The van der Waals surface area contributed by atoms with Crippen LogP contribution in [0.15, 0.2) is 91.3 Å². The predicted molar refractivity (Wildman–Crippen MR) is 117 cm³/mol. The Hall–Kier alpha value is -4.32. The van der Waals surface area contributed by atoms with E-state index in [9.17, 15) is 4.79 Å². The van der Waals surface area contributed by atoms with Gasteiger partial charge in [0.25, 0.3) is 5.91 Å². The normalized spacial score (nSPS) is 10.8. The summed E-state index contributed by atoms with van der Waals surface area (Å²) in [7, 11) is 0. The molecule has 0 fully saturated rings. The minimum atomic E-state index is -0.271. The number of amides is 1. The first-order chi connectivity index (χ1) is 14.8. The predicted octanol–water partition coefficient (Wildman–Crippen LogP) is 4.94. The van der Waals surface area contributed by atoms with E-state index in [1.807, 2.05) is 60.7 Å². The number of carbonyl (C=O) groups is 1. The number of aromatic nitrogens is 4. The van der Waals surface area contributed by atoms with Crippen LogP contribution in [0, 0.1) is 0 Å². The summed E-state index contributed by atoms with van der Waals surface area (Å²) in [6.07, 6.45) is 1.35. The molecule has 6 heteroatoms. The Kier molecular flexibility index (Phi) is 4.50. The summed E-state index contributed by atoms with van der Waals surface area (Å²) in [6.45, 7) is 0. The van der Waals surface area contributed by atoms with Crippen molar-refractivity contribution in [2.75, 3.05) is 5.32 Å². The van der Waals surface area contributed by atoms with Crippen LogP contribution < -0.4 is 5.32 Å². The molecule has 30 heavy (non-hydrogen) atoms. The van der Waals surface area contributed by atoms with Gasteiger partial charge in [-0.1, -0.05) is 72.8 Å². The molecular weight excluding hydrogens is 374 g/mol. The second-order valence-corrected chi connectivity index (χ2v) is 6.80. The third-order valence-corrected chi connectivity index (χ3v) is 4.90. The molecule has 0 bridgehead atoms. The zero-order valence-corrected chi connectivity index (χ0v) is 15.9. The molecule has 2 heterocycles. The number of hydrogen-bond acceptors (Lipinski definition) is 4. The summed E-state index contributed by atoms with van der Waals surface area (Å²) in [5.74, 6) is 0.0298. The number of nitrogens with zero attached hydrogens (tertiary/aromatic N) is 3. The summed E-state index contributed by atoms with van der Waals surface area (Å²) in [5, 5.41) is 9.93. The van der Waals surface area contributed by atoms with Gasteiger partial charge in [-0.2, -0.15) is 10.1 Å². The molecule has 0 aliphatic carbocycles. The molecule has 5 aromatic rings. The molecule has 6 nitrogen and oxygen atoms in total. The van der Waals surface area contributed by atoms with Gasteiger partial charge in [0.2, 0.25) is 5.95 Å². The molecule has 2 aromatic heterocycles. The van der Waals surface area contributed by atoms with Gasteiger partial charge in [0.05, 0.1) is 16.8 Å². The molecule has 2 N–H and O–H groups in total. The number of hydrogen-bond donors (Lipinski definition) is 2. The van der Waals surface area contributed by atoms with Crippen LogP contribution in [0.3, 0.4) is 0 Å². The van der Waals surface area contributed by atoms with Crippen molar-refractivity contribution in [2.24, 2.45) is 0 Å². The van der Waals surface area contributed by atoms with Gasteiger partial charge in [0.1, 0.15) is 6.33 Å². The topological polar surface area (TPSA) is 83.6 Å². The largest absolute Gasteiger partial charge is 0.291 e. The van der Waals surface area contributed by atoms with E-state index in [-0.39, 0.29) is 5.91 Å². The molecule has 1 amide bonds. The van der Waals surface area contributed by atoms with Crippen molar-refractivity contribution >= 4 is 22.8 Å². The number of pyridine rings is 1. The van der Waals surface area contributed by atoms with E-state index < -0.39 is 0 Å². The number of rotatable bonds is 4. The van der Waals surface area contributed by atoms with Crippen molar-refractivity contribution in [1.82, 2.24) is 20.2 Å². The number of benzene rings is 3. The zero-order valence-electron chi connectivity index (χ0n) is 15.9. The number of nitrogens with one attached hydrogen (secondary N) is 2. The second kappa shape index (κ2) is 7.60. The molecule has 0 atom stereocenters. The zero-order chi connectivity index (χ0) is 20.3. The Bertz CT molecular complexity index is 1310. The summed E-state index contributed by atoms with van der Waals surface area (Å²) in [6, 6.07) is 27.8. The van der Waals surface area contributed by atoms with Crippen LogP contribution in [0.25, 0.3) is 33.3 Å². The van der Waals surface area contributed by atoms with E-state index in [1.165, 1.54) is 6.33 Å². The number of carbonyl (C=O) groups excluding carboxylic acids is 1. The Morgan fingerprint density at radius 3 is 2.27 bits per heavy atom. The minimum absolute atomic E-state index is 0.271. The lowest BCUT2D eigenvalue weighted by molar-refractivity contribution is 0.102. The van der Waals surface area contributed by atoms with Gasteiger partial charge in [0.15, 0.2) is 0 Å². The molecular formula is C24H17N5O. The molecule has 144 valence electrons. The number of para-hydroxylation sites is 1. The highest BCUT2D eigenvalue weighted by Gasteiger charge is 2.15. The lowest BCUT2D eigenvalue weighted by atomic mass is 10.0. The standard InChI is InChI=1S/C24H17N5O/c30-23(28-24-25-15-26-29-24)20-14-22(27-21-9-5-4-8-19(20)21)18-12-10-17(11-13-18)16-6-2-1-3-7-16/h1-15H,(H2,25,26,28,29,30). The van der Waals surface area contributed by atoms with E-state index in [2.05, 4.69) is 44.8 Å². The van der Waals surface area contributed by atoms with Gasteiger partial charge in [-0.3, -0.25) is 10.1 Å². The molecule has 0 spiro atoms. The van der Waals surface area contributed by atoms with Crippen molar-refractivity contribution in [2.45, 2.75) is 0 Å². The first-order valence-corrected chi connectivity index (χ1v) is 9.50. The van der Waals surface area contributed by atoms with Crippen LogP contribution in [0.1, 0.15) is 10.4 Å². The maximum Gasteiger partial charge on any atom is 0.258 e. The van der Waals surface area contributed by atoms with Crippen LogP contribution in [0.5, 0.6) is 0 Å². The maximum atomic E-state index is 12.9. The lowest BCUT2D eigenvalue weighted by Gasteiger charge is -2.10. The summed E-state index contributed by atoms with van der Waals surface area (Å²) >= 11 is 0. The molecule has 5 rings (SSSR count). The highest BCUT2D eigenvalue weighted by Crippen LogP contribution is 2.27. The Morgan fingerprint density at radius 2 is 1.50 bits per heavy atom. The number of anilines is 1. The highest BCUT2D eigenvalue weighted by atomic mass is 16.1. The van der Waals surface area contributed by atoms with Crippen molar-refractivity contribution in [3.63, 3.8) is 0 Å². The average Bonchev–Trinajstić information content (AvgIpc) is 3.32. The van der Waals surface area contributed by atoms with Gasteiger partial charge in [0, 0.05) is 10.9 Å². The van der Waals surface area contributed by atoms with Crippen molar-refractivity contribution < 1.29 is 4.79 Å². The van der Waals surface area contributed by atoms with Crippen LogP contribution in [-0.4, -0.2) is 26.1 Å². The van der Waals surface area contributed by atoms with Gasteiger partial charge < -0.3 is 0 Å². The quantitative estimate of drug-likeness (QED) is 0.455. The fourth-order valence-corrected chi connectivity index (χ4v) is 3.42. The molecule has 0 aliphatic heterocycles. The summed E-state index contributed by atoms with van der Waals surface area (Å²) < 4.78 is 0. The van der Waals surface area contributed by atoms with Crippen molar-refractivity contribution in [1.29, 1.82) is 0 Å². The van der Waals surface area contributed by atoms with E-state index in [1.54, 1.807) is 0 Å². The van der Waals surface area contributed by atoms with Gasteiger partial charge in [-0.25, -0.2) is 10.1 Å². The van der Waals surface area contributed by atoms with Crippen molar-refractivity contribution in [3.8, 4) is 22.4 Å². The van der Waals surface area contributed by atoms with Crippen LogP contribution in [0.2, 0.25) is 0 Å². The number of aromatic amines is 1.